The van der Waals surface area contributed by atoms with Crippen molar-refractivity contribution in [1.82, 2.24) is 5.32 Å². The molecule has 4 rings (SSSR count). The molecule has 202 valence electrons. The van der Waals surface area contributed by atoms with Crippen LogP contribution in [0.25, 0.3) is 6.08 Å². The van der Waals surface area contributed by atoms with E-state index in [1.165, 1.54) is 17.8 Å². The van der Waals surface area contributed by atoms with Crippen LogP contribution >= 0.6 is 35.0 Å². The van der Waals surface area contributed by atoms with Gasteiger partial charge >= 0.3 is 0 Å². The van der Waals surface area contributed by atoms with Crippen LogP contribution in [-0.2, 0) is 9.59 Å². The van der Waals surface area contributed by atoms with Crippen LogP contribution in [-0.4, -0.2) is 23.0 Å². The highest BCUT2D eigenvalue weighted by Crippen LogP contribution is 2.28. The minimum atomic E-state index is -0.572. The van der Waals surface area contributed by atoms with Crippen molar-refractivity contribution in [2.75, 3.05) is 10.6 Å². The molecule has 4 aromatic carbocycles. The molecule has 0 saturated carbocycles. The summed E-state index contributed by atoms with van der Waals surface area (Å²) in [5.41, 5.74) is 1.93. The number of thioether (sulfide) groups is 1. The normalized spacial score (nSPS) is 11.8. The lowest BCUT2D eigenvalue weighted by Gasteiger charge is -2.14. The van der Waals surface area contributed by atoms with Crippen LogP contribution < -0.4 is 16.0 Å². The number of nitrogens with one attached hydrogen (secondary N) is 3. The maximum atomic E-state index is 13.4. The van der Waals surface area contributed by atoms with Crippen molar-refractivity contribution in [3.05, 3.63) is 130 Å². The molecule has 3 amide bonds. The molecule has 0 bridgehead atoms. The third-order valence-corrected chi connectivity index (χ3v) is 7.39. The molecule has 0 fully saturated rings. The maximum absolute atomic E-state index is 13.4. The first-order valence-corrected chi connectivity index (χ1v) is 13.9. The summed E-state index contributed by atoms with van der Waals surface area (Å²) < 4.78 is 0. The first kappa shape index (κ1) is 29.0. The Morgan fingerprint density at radius 3 is 2.02 bits per heavy atom. The van der Waals surface area contributed by atoms with Crippen molar-refractivity contribution >= 4 is 70.1 Å². The second kappa shape index (κ2) is 13.8. The van der Waals surface area contributed by atoms with Gasteiger partial charge in [0, 0.05) is 37.4 Å². The fourth-order valence-electron chi connectivity index (χ4n) is 3.60. The second-order valence-electron chi connectivity index (χ2n) is 8.61. The van der Waals surface area contributed by atoms with Gasteiger partial charge in [0.15, 0.2) is 0 Å². The molecule has 6 nitrogen and oxygen atoms in total. The average molecular weight is 591 g/mol. The molecule has 0 spiro atoms. The Bertz CT molecular complexity index is 1530. The standard InChI is InChI=1S/C31H25Cl2N3O3S/c1-20(29(37)34-22-12-6-3-7-13-22)40-24-15-8-14-23(18-24)35-31(39)28(19-25-26(32)16-9-17-27(25)33)36-30(38)21-10-4-2-5-11-21/h2-20H,1H3,(H,34,37)(H,35,39)(H,36,38)/b28-19+. The van der Waals surface area contributed by atoms with E-state index in [2.05, 4.69) is 16.0 Å². The zero-order valence-corrected chi connectivity index (χ0v) is 23.7. The van der Waals surface area contributed by atoms with Crippen molar-refractivity contribution in [3.63, 3.8) is 0 Å². The van der Waals surface area contributed by atoms with Crippen LogP contribution in [0.4, 0.5) is 11.4 Å². The predicted octanol–water partition coefficient (Wildman–Crippen LogP) is 7.52. The largest absolute Gasteiger partial charge is 0.325 e. The van der Waals surface area contributed by atoms with E-state index in [9.17, 15) is 14.4 Å². The number of anilines is 2. The number of hydrogen-bond donors (Lipinski definition) is 3. The van der Waals surface area contributed by atoms with Gasteiger partial charge in [0.25, 0.3) is 11.8 Å². The summed E-state index contributed by atoms with van der Waals surface area (Å²) in [6.07, 6.45) is 1.44. The highest BCUT2D eigenvalue weighted by molar-refractivity contribution is 8.00. The molecule has 3 N–H and O–H groups in total. The molecule has 4 aromatic rings. The van der Waals surface area contributed by atoms with Crippen LogP contribution in [0.15, 0.2) is 114 Å². The van der Waals surface area contributed by atoms with Gasteiger partial charge < -0.3 is 16.0 Å². The number of amides is 3. The van der Waals surface area contributed by atoms with Gasteiger partial charge in [0.1, 0.15) is 5.70 Å². The number of rotatable bonds is 9. The molecule has 1 unspecified atom stereocenters. The molecule has 0 aliphatic heterocycles. The fraction of sp³-hybridized carbons (Fsp3) is 0.0645. The summed E-state index contributed by atoms with van der Waals surface area (Å²) in [5, 5.41) is 8.64. The quantitative estimate of drug-likeness (QED) is 0.139. The zero-order valence-electron chi connectivity index (χ0n) is 21.4. The van der Waals surface area contributed by atoms with E-state index in [0.29, 0.717) is 26.9 Å². The molecule has 0 radical (unpaired) electrons. The first-order chi connectivity index (χ1) is 19.3. The van der Waals surface area contributed by atoms with Crippen LogP contribution in [0.3, 0.4) is 0 Å². The van der Waals surface area contributed by atoms with Gasteiger partial charge in [-0.05, 0) is 67.6 Å². The van der Waals surface area contributed by atoms with Crippen LogP contribution in [0, 0.1) is 0 Å². The lowest BCUT2D eigenvalue weighted by atomic mass is 10.1. The van der Waals surface area contributed by atoms with E-state index in [4.69, 9.17) is 23.2 Å². The minimum absolute atomic E-state index is 0.0440. The molecule has 0 heterocycles. The van der Waals surface area contributed by atoms with Crippen LogP contribution in [0.1, 0.15) is 22.8 Å². The molecule has 9 heteroatoms. The lowest BCUT2D eigenvalue weighted by molar-refractivity contribution is -0.115. The SMILES string of the molecule is CC(Sc1cccc(NC(=O)/C(=C\c2c(Cl)cccc2Cl)NC(=O)c2ccccc2)c1)C(=O)Nc1ccccc1. The van der Waals surface area contributed by atoms with Gasteiger partial charge in [-0.25, -0.2) is 0 Å². The summed E-state index contributed by atoms with van der Waals surface area (Å²) in [4.78, 5) is 39.7. The fourth-order valence-corrected chi connectivity index (χ4v) is 5.04. The van der Waals surface area contributed by atoms with Gasteiger partial charge in [-0.15, -0.1) is 11.8 Å². The number of halogens is 2. The molecule has 0 saturated heterocycles. The van der Waals surface area contributed by atoms with Crippen LogP contribution in [0.5, 0.6) is 0 Å². The Kier molecular flexibility index (Phi) is 10.0. The van der Waals surface area contributed by atoms with E-state index in [-0.39, 0.29) is 11.6 Å². The van der Waals surface area contributed by atoms with E-state index >= 15 is 0 Å². The van der Waals surface area contributed by atoms with Gasteiger partial charge in [-0.2, -0.15) is 0 Å². The van der Waals surface area contributed by atoms with E-state index < -0.39 is 17.1 Å². The van der Waals surface area contributed by atoms with Crippen molar-refractivity contribution < 1.29 is 14.4 Å². The second-order valence-corrected chi connectivity index (χ2v) is 10.8. The Balaban J connectivity index is 1.52. The number of para-hydroxylation sites is 1. The van der Waals surface area contributed by atoms with Gasteiger partial charge in [-0.3, -0.25) is 14.4 Å². The summed E-state index contributed by atoms with van der Waals surface area (Å²) in [6, 6.07) is 29.8. The summed E-state index contributed by atoms with van der Waals surface area (Å²) >= 11 is 14.0. The average Bonchev–Trinajstić information content (AvgIpc) is 2.95. The van der Waals surface area contributed by atoms with Gasteiger partial charge in [0.05, 0.1) is 5.25 Å². The Morgan fingerprint density at radius 1 is 0.750 bits per heavy atom. The summed E-state index contributed by atoms with van der Waals surface area (Å²) in [7, 11) is 0. The van der Waals surface area contributed by atoms with Crippen molar-refractivity contribution in [1.29, 1.82) is 0 Å². The molecular weight excluding hydrogens is 565 g/mol. The first-order valence-electron chi connectivity index (χ1n) is 12.3. The Hall–Kier alpha value is -4.04. The maximum Gasteiger partial charge on any atom is 0.272 e. The predicted molar refractivity (Wildman–Crippen MR) is 164 cm³/mol. The number of carbonyl (C=O) groups excluding carboxylic acids is 3. The van der Waals surface area contributed by atoms with E-state index in [1.54, 1.807) is 66.7 Å². The molecule has 0 aliphatic rings. The Labute approximate surface area is 246 Å². The van der Waals surface area contributed by atoms with Gasteiger partial charge in [-0.1, -0.05) is 71.7 Å². The van der Waals surface area contributed by atoms with Crippen molar-refractivity contribution in [2.24, 2.45) is 0 Å². The summed E-state index contributed by atoms with van der Waals surface area (Å²) in [6.45, 7) is 1.81. The topological polar surface area (TPSA) is 87.3 Å². The third-order valence-electron chi connectivity index (χ3n) is 5.63. The van der Waals surface area contributed by atoms with Crippen LogP contribution in [0.2, 0.25) is 10.0 Å². The zero-order chi connectivity index (χ0) is 28.5. The van der Waals surface area contributed by atoms with E-state index in [1.807, 2.05) is 43.3 Å². The molecule has 0 aliphatic carbocycles. The number of benzene rings is 4. The van der Waals surface area contributed by atoms with E-state index in [0.717, 1.165) is 10.6 Å². The monoisotopic (exact) mass is 589 g/mol. The lowest BCUT2D eigenvalue weighted by Crippen LogP contribution is -2.30. The molecule has 1 atom stereocenters. The highest BCUT2D eigenvalue weighted by atomic mass is 35.5. The third kappa shape index (κ3) is 7.99. The van der Waals surface area contributed by atoms with Crippen molar-refractivity contribution in [3.8, 4) is 0 Å². The van der Waals surface area contributed by atoms with Gasteiger partial charge in [0.2, 0.25) is 5.91 Å². The summed E-state index contributed by atoms with van der Waals surface area (Å²) in [5.74, 6) is -1.18. The smallest absolute Gasteiger partial charge is 0.272 e. The molecule has 0 aromatic heterocycles. The van der Waals surface area contributed by atoms with Crippen molar-refractivity contribution in [2.45, 2.75) is 17.1 Å². The molecular formula is C31H25Cl2N3O3S. The number of carbonyl (C=O) groups is 3. The molecule has 40 heavy (non-hydrogen) atoms. The number of hydrogen-bond acceptors (Lipinski definition) is 4. The minimum Gasteiger partial charge on any atom is -0.325 e. The Morgan fingerprint density at radius 2 is 1.35 bits per heavy atom. The highest BCUT2D eigenvalue weighted by Gasteiger charge is 2.18.